The Balaban J connectivity index is 1.88. The summed E-state index contributed by atoms with van der Waals surface area (Å²) in [5, 5.41) is 6.83. The van der Waals surface area contributed by atoms with Crippen molar-refractivity contribution in [2.75, 3.05) is 13.1 Å². The highest BCUT2D eigenvalue weighted by atomic mass is 35.5. The highest BCUT2D eigenvalue weighted by Gasteiger charge is 2.30. The number of amides is 1. The molecule has 3 nitrogen and oxygen atoms in total. The molecule has 24 heavy (non-hydrogen) atoms. The summed E-state index contributed by atoms with van der Waals surface area (Å²) < 4.78 is 13.7. The van der Waals surface area contributed by atoms with E-state index in [9.17, 15) is 9.18 Å². The van der Waals surface area contributed by atoms with Gasteiger partial charge in [0.1, 0.15) is 5.82 Å². The van der Waals surface area contributed by atoms with Crippen LogP contribution < -0.4 is 10.6 Å². The summed E-state index contributed by atoms with van der Waals surface area (Å²) in [5.41, 5.74) is 1.53. The lowest BCUT2D eigenvalue weighted by Crippen LogP contribution is -2.50. The van der Waals surface area contributed by atoms with Crippen molar-refractivity contribution in [3.05, 3.63) is 70.5 Å². The third-order valence-corrected chi connectivity index (χ3v) is 4.82. The zero-order valence-electron chi connectivity index (χ0n) is 13.4. The molecule has 1 heterocycles. The smallest absolute Gasteiger partial charge is 0.223 e. The third kappa shape index (κ3) is 3.77. The van der Waals surface area contributed by atoms with Crippen molar-refractivity contribution in [1.82, 2.24) is 10.6 Å². The number of hydrogen-bond donors (Lipinski definition) is 2. The minimum Gasteiger partial charge on any atom is -0.345 e. The van der Waals surface area contributed by atoms with Crippen molar-refractivity contribution in [2.45, 2.75) is 13.0 Å². The average Bonchev–Trinajstić information content (AvgIpc) is 2.50. The van der Waals surface area contributed by atoms with E-state index in [1.165, 1.54) is 12.1 Å². The van der Waals surface area contributed by atoms with Crippen molar-refractivity contribution in [3.8, 4) is 0 Å². The van der Waals surface area contributed by atoms with E-state index >= 15 is 0 Å². The Labute approximate surface area is 146 Å². The number of halogens is 2. The normalized spacial score (nSPS) is 17.0. The molecule has 0 aromatic heterocycles. The van der Waals surface area contributed by atoms with Gasteiger partial charge in [0.05, 0.1) is 6.04 Å². The first-order valence-corrected chi connectivity index (χ1v) is 8.44. The van der Waals surface area contributed by atoms with Crippen LogP contribution in [0, 0.1) is 17.7 Å². The molecule has 0 spiro atoms. The molecule has 2 N–H and O–H groups in total. The molecular weight excluding hydrogens is 327 g/mol. The van der Waals surface area contributed by atoms with Gasteiger partial charge >= 0.3 is 0 Å². The number of carbonyl (C=O) groups excluding carboxylic acids is 1. The van der Waals surface area contributed by atoms with Crippen LogP contribution in [0.2, 0.25) is 5.02 Å². The predicted octanol–water partition coefficient (Wildman–Crippen LogP) is 3.54. The fourth-order valence-corrected chi connectivity index (χ4v) is 3.08. The largest absolute Gasteiger partial charge is 0.345 e. The maximum Gasteiger partial charge on any atom is 0.223 e. The molecule has 1 fully saturated rings. The summed E-state index contributed by atoms with van der Waals surface area (Å²) in [6.45, 7) is 3.65. The zero-order valence-corrected chi connectivity index (χ0v) is 14.2. The van der Waals surface area contributed by atoms with Crippen LogP contribution in [-0.4, -0.2) is 19.0 Å². The van der Waals surface area contributed by atoms with E-state index < -0.39 is 6.04 Å². The molecule has 1 aliphatic rings. The highest BCUT2D eigenvalue weighted by Crippen LogP contribution is 2.26. The molecule has 126 valence electrons. The van der Waals surface area contributed by atoms with Crippen molar-refractivity contribution < 1.29 is 9.18 Å². The average molecular weight is 347 g/mol. The lowest BCUT2D eigenvalue weighted by molar-refractivity contribution is -0.127. The Morgan fingerprint density at radius 1 is 1.21 bits per heavy atom. The summed E-state index contributed by atoms with van der Waals surface area (Å²) >= 11 is 6.09. The van der Waals surface area contributed by atoms with Crippen molar-refractivity contribution in [3.63, 3.8) is 0 Å². The van der Waals surface area contributed by atoms with Gasteiger partial charge in [0.2, 0.25) is 5.91 Å². The number of hydrogen-bond acceptors (Lipinski definition) is 2. The van der Waals surface area contributed by atoms with Gasteiger partial charge in [-0.05, 0) is 54.4 Å². The van der Waals surface area contributed by atoms with Gasteiger partial charge in [0, 0.05) is 10.9 Å². The number of nitrogens with one attached hydrogen (secondary N) is 2. The molecule has 0 bridgehead atoms. The quantitative estimate of drug-likeness (QED) is 0.869. The summed E-state index contributed by atoms with van der Waals surface area (Å²) in [7, 11) is 0. The first kappa shape index (κ1) is 16.9. The molecule has 2 aromatic rings. The number of benzene rings is 2. The van der Waals surface area contributed by atoms with Crippen LogP contribution >= 0.6 is 11.6 Å². The lowest BCUT2D eigenvalue weighted by atomic mass is 9.87. The second kappa shape index (κ2) is 7.32. The van der Waals surface area contributed by atoms with Gasteiger partial charge in [-0.1, -0.05) is 42.8 Å². The van der Waals surface area contributed by atoms with Gasteiger partial charge in [-0.2, -0.15) is 0 Å². The predicted molar refractivity (Wildman–Crippen MR) is 93.4 cm³/mol. The molecule has 2 atom stereocenters. The molecule has 2 unspecified atom stereocenters. The molecule has 1 amide bonds. The van der Waals surface area contributed by atoms with Gasteiger partial charge in [-0.15, -0.1) is 0 Å². The second-order valence-electron chi connectivity index (χ2n) is 6.26. The van der Waals surface area contributed by atoms with Crippen LogP contribution in [0.3, 0.4) is 0 Å². The number of rotatable bonds is 5. The second-order valence-corrected chi connectivity index (χ2v) is 6.70. The first-order valence-electron chi connectivity index (χ1n) is 8.06. The van der Waals surface area contributed by atoms with Crippen LogP contribution in [-0.2, 0) is 4.79 Å². The molecule has 5 heteroatoms. The molecule has 3 rings (SSSR count). The van der Waals surface area contributed by atoms with Gasteiger partial charge in [-0.3, -0.25) is 4.79 Å². The van der Waals surface area contributed by atoms with E-state index in [0.717, 1.165) is 18.7 Å². The van der Waals surface area contributed by atoms with E-state index in [0.29, 0.717) is 16.5 Å². The molecule has 0 radical (unpaired) electrons. The topological polar surface area (TPSA) is 41.1 Å². The van der Waals surface area contributed by atoms with Crippen LogP contribution in [0.25, 0.3) is 0 Å². The Morgan fingerprint density at radius 3 is 2.46 bits per heavy atom. The summed E-state index contributed by atoms with van der Waals surface area (Å²) in [6.07, 6.45) is 0. The molecule has 1 aliphatic heterocycles. The summed E-state index contributed by atoms with van der Waals surface area (Å²) in [6, 6.07) is 13.2. The maximum absolute atomic E-state index is 13.7. The maximum atomic E-state index is 13.7. The fraction of sp³-hybridized carbons (Fsp3) is 0.316. The Hall–Kier alpha value is -1.91. The zero-order chi connectivity index (χ0) is 17.1. The summed E-state index contributed by atoms with van der Waals surface area (Å²) in [4.78, 5) is 12.6. The lowest BCUT2D eigenvalue weighted by Gasteiger charge is -2.33. The Morgan fingerprint density at radius 2 is 1.88 bits per heavy atom. The van der Waals surface area contributed by atoms with E-state index in [1.807, 2.05) is 25.1 Å². The monoisotopic (exact) mass is 346 g/mol. The van der Waals surface area contributed by atoms with Crippen molar-refractivity contribution >= 4 is 17.5 Å². The highest BCUT2D eigenvalue weighted by molar-refractivity contribution is 6.30. The van der Waals surface area contributed by atoms with Crippen molar-refractivity contribution in [2.24, 2.45) is 11.8 Å². The minimum atomic E-state index is -0.428. The van der Waals surface area contributed by atoms with Gasteiger partial charge in [0.25, 0.3) is 0 Å². The van der Waals surface area contributed by atoms with Gasteiger partial charge in [0.15, 0.2) is 0 Å². The van der Waals surface area contributed by atoms with E-state index in [-0.39, 0.29) is 17.6 Å². The number of carbonyl (C=O) groups is 1. The van der Waals surface area contributed by atoms with Crippen molar-refractivity contribution in [1.29, 1.82) is 0 Å². The molecule has 0 aliphatic carbocycles. The first-order chi connectivity index (χ1) is 11.5. The summed E-state index contributed by atoms with van der Waals surface area (Å²) in [5.74, 6) is -0.111. The van der Waals surface area contributed by atoms with Crippen LogP contribution in [0.5, 0.6) is 0 Å². The van der Waals surface area contributed by atoms with Crippen LogP contribution in [0.4, 0.5) is 4.39 Å². The molecule has 0 saturated carbocycles. The van der Waals surface area contributed by atoms with Crippen LogP contribution in [0.15, 0.2) is 48.5 Å². The van der Waals surface area contributed by atoms with E-state index in [4.69, 9.17) is 11.6 Å². The molecular formula is C19H20ClFN2O. The Kier molecular flexibility index (Phi) is 5.17. The van der Waals surface area contributed by atoms with Gasteiger partial charge in [-0.25, -0.2) is 4.39 Å². The van der Waals surface area contributed by atoms with E-state index in [1.54, 1.807) is 18.2 Å². The molecule has 2 aromatic carbocycles. The standard InChI is InChI=1S/C19H20ClFN2O/c1-12(15-10-22-11-15)19(24)23-18(13-4-2-6-16(20)8-13)14-5-3-7-17(21)9-14/h2-9,12,15,18,22H,10-11H2,1H3,(H,23,24). The third-order valence-electron chi connectivity index (χ3n) is 4.58. The Bertz CT molecular complexity index is 687. The molecule has 1 saturated heterocycles. The van der Waals surface area contributed by atoms with Gasteiger partial charge < -0.3 is 10.6 Å². The fourth-order valence-electron chi connectivity index (χ4n) is 2.88. The van der Waals surface area contributed by atoms with E-state index in [2.05, 4.69) is 10.6 Å². The minimum absolute atomic E-state index is 0.0317. The van der Waals surface area contributed by atoms with Crippen LogP contribution in [0.1, 0.15) is 24.1 Å². The SMILES string of the molecule is CC(C(=O)NC(c1cccc(F)c1)c1cccc(Cl)c1)C1CNC1.